The molecule has 0 spiro atoms. The van der Waals surface area contributed by atoms with E-state index in [9.17, 15) is 4.79 Å². The van der Waals surface area contributed by atoms with E-state index in [1.807, 2.05) is 13.0 Å². The maximum atomic E-state index is 11.7. The lowest BCUT2D eigenvalue weighted by atomic mass is 9.85. The number of nitrogens with zero attached hydrogens (tertiary/aromatic N) is 1. The molecule has 0 unspecified atom stereocenters. The van der Waals surface area contributed by atoms with Crippen LogP contribution < -0.4 is 4.74 Å². The van der Waals surface area contributed by atoms with Gasteiger partial charge in [0, 0.05) is 19.3 Å². The molecular weight excluding hydrogens is 286 g/mol. The first-order chi connectivity index (χ1) is 9.77. The Morgan fingerprint density at radius 2 is 2.00 bits per heavy atom. The van der Waals surface area contributed by atoms with Crippen LogP contribution in [0, 0.1) is 6.92 Å². The number of para-hydroxylation sites is 1. The predicted molar refractivity (Wildman–Crippen MR) is 88.3 cm³/mol. The van der Waals surface area contributed by atoms with Gasteiger partial charge in [-0.05, 0) is 23.5 Å². The van der Waals surface area contributed by atoms with Gasteiger partial charge in [-0.2, -0.15) is 0 Å². The number of hydrogen-bond donors (Lipinski definition) is 0. The molecular formula is C17H26ClNO2. The lowest BCUT2D eigenvalue weighted by Crippen LogP contribution is -2.31. The van der Waals surface area contributed by atoms with Crippen LogP contribution in [-0.2, 0) is 10.2 Å². The molecule has 0 heterocycles. The third-order valence-electron chi connectivity index (χ3n) is 3.43. The molecule has 118 valence electrons. The number of rotatable bonds is 6. The van der Waals surface area contributed by atoms with E-state index in [-0.39, 0.29) is 11.3 Å². The Morgan fingerprint density at radius 3 is 2.57 bits per heavy atom. The minimum absolute atomic E-state index is 0.0295. The molecule has 0 aliphatic carbocycles. The third-order valence-corrected chi connectivity index (χ3v) is 3.62. The zero-order chi connectivity index (χ0) is 16.0. The average molecular weight is 312 g/mol. The van der Waals surface area contributed by atoms with Crippen molar-refractivity contribution in [3.05, 3.63) is 29.3 Å². The molecule has 0 aliphatic rings. The molecule has 0 saturated carbocycles. The lowest BCUT2D eigenvalue weighted by Gasteiger charge is -2.25. The van der Waals surface area contributed by atoms with Gasteiger partial charge in [-0.3, -0.25) is 4.79 Å². The SMILES string of the molecule is Cc1cccc(C(C)(C)C)c1OCCN(C)C(=O)CCCl. The minimum Gasteiger partial charge on any atom is -0.491 e. The van der Waals surface area contributed by atoms with Gasteiger partial charge in [-0.15, -0.1) is 11.6 Å². The molecule has 0 aliphatic heterocycles. The molecule has 1 aromatic carbocycles. The summed E-state index contributed by atoms with van der Waals surface area (Å²) in [5.41, 5.74) is 2.34. The summed E-state index contributed by atoms with van der Waals surface area (Å²) in [5, 5.41) is 0. The summed E-state index contributed by atoms with van der Waals surface area (Å²) < 4.78 is 5.97. The lowest BCUT2D eigenvalue weighted by molar-refractivity contribution is -0.129. The molecule has 0 fully saturated rings. The average Bonchev–Trinajstić information content (AvgIpc) is 2.39. The van der Waals surface area contributed by atoms with Crippen molar-refractivity contribution in [3.63, 3.8) is 0 Å². The normalized spacial score (nSPS) is 11.3. The number of carbonyl (C=O) groups is 1. The van der Waals surface area contributed by atoms with Gasteiger partial charge in [0.1, 0.15) is 12.4 Å². The standard InChI is InChI=1S/C17H26ClNO2/c1-13-7-6-8-14(17(2,3)4)16(13)21-12-11-19(5)15(20)9-10-18/h6-8H,9-12H2,1-5H3. The van der Waals surface area contributed by atoms with Crippen LogP contribution in [0.4, 0.5) is 0 Å². The van der Waals surface area contributed by atoms with Crippen LogP contribution in [0.1, 0.15) is 38.3 Å². The van der Waals surface area contributed by atoms with E-state index in [1.165, 1.54) is 5.56 Å². The Morgan fingerprint density at radius 1 is 1.33 bits per heavy atom. The number of likely N-dealkylation sites (N-methyl/N-ethyl adjacent to an activating group) is 1. The van der Waals surface area contributed by atoms with Crippen molar-refractivity contribution >= 4 is 17.5 Å². The van der Waals surface area contributed by atoms with Gasteiger partial charge >= 0.3 is 0 Å². The second kappa shape index (κ2) is 7.69. The number of hydrogen-bond acceptors (Lipinski definition) is 2. The van der Waals surface area contributed by atoms with Gasteiger partial charge in [0.2, 0.25) is 5.91 Å². The molecule has 0 atom stereocenters. The van der Waals surface area contributed by atoms with E-state index in [0.29, 0.717) is 25.5 Å². The number of alkyl halides is 1. The predicted octanol–water partition coefficient (Wildman–Crippen LogP) is 3.76. The highest BCUT2D eigenvalue weighted by molar-refractivity contribution is 6.18. The van der Waals surface area contributed by atoms with Crippen molar-refractivity contribution < 1.29 is 9.53 Å². The van der Waals surface area contributed by atoms with E-state index in [4.69, 9.17) is 16.3 Å². The largest absolute Gasteiger partial charge is 0.491 e. The van der Waals surface area contributed by atoms with Crippen LogP contribution in [0.5, 0.6) is 5.75 Å². The highest BCUT2D eigenvalue weighted by atomic mass is 35.5. The Bertz CT molecular complexity index is 480. The molecule has 0 bridgehead atoms. The van der Waals surface area contributed by atoms with Crippen molar-refractivity contribution in [1.29, 1.82) is 0 Å². The maximum Gasteiger partial charge on any atom is 0.223 e. The van der Waals surface area contributed by atoms with E-state index >= 15 is 0 Å². The van der Waals surface area contributed by atoms with Gasteiger partial charge in [-0.25, -0.2) is 0 Å². The van der Waals surface area contributed by atoms with Crippen LogP contribution in [0.15, 0.2) is 18.2 Å². The van der Waals surface area contributed by atoms with E-state index in [1.54, 1.807) is 11.9 Å². The van der Waals surface area contributed by atoms with Gasteiger partial charge < -0.3 is 9.64 Å². The first-order valence-electron chi connectivity index (χ1n) is 7.30. The van der Waals surface area contributed by atoms with Crippen molar-refractivity contribution in [2.75, 3.05) is 26.1 Å². The fourth-order valence-corrected chi connectivity index (χ4v) is 2.28. The first-order valence-corrected chi connectivity index (χ1v) is 7.83. The van der Waals surface area contributed by atoms with Crippen LogP contribution in [-0.4, -0.2) is 36.9 Å². The van der Waals surface area contributed by atoms with E-state index < -0.39 is 0 Å². The number of carbonyl (C=O) groups excluding carboxylic acids is 1. The van der Waals surface area contributed by atoms with E-state index in [2.05, 4.69) is 32.9 Å². The zero-order valence-electron chi connectivity index (χ0n) is 13.7. The molecule has 1 rings (SSSR count). The molecule has 0 radical (unpaired) electrons. The van der Waals surface area contributed by atoms with Crippen molar-refractivity contribution in [3.8, 4) is 5.75 Å². The van der Waals surface area contributed by atoms with Gasteiger partial charge in [0.15, 0.2) is 0 Å². The van der Waals surface area contributed by atoms with Crippen molar-refractivity contribution in [2.24, 2.45) is 0 Å². The molecule has 0 N–H and O–H groups in total. The molecule has 3 nitrogen and oxygen atoms in total. The number of halogens is 1. The van der Waals surface area contributed by atoms with E-state index in [0.717, 1.165) is 11.3 Å². The quantitative estimate of drug-likeness (QED) is 0.749. The Labute approximate surface area is 133 Å². The summed E-state index contributed by atoms with van der Waals surface area (Å²) in [6.07, 6.45) is 0.371. The van der Waals surface area contributed by atoms with Crippen LogP contribution in [0.3, 0.4) is 0 Å². The highest BCUT2D eigenvalue weighted by Crippen LogP contribution is 2.33. The van der Waals surface area contributed by atoms with Gasteiger partial charge in [0.25, 0.3) is 0 Å². The summed E-state index contributed by atoms with van der Waals surface area (Å²) in [5.74, 6) is 1.34. The fourth-order valence-electron chi connectivity index (χ4n) is 2.12. The topological polar surface area (TPSA) is 29.5 Å². The Hall–Kier alpha value is -1.22. The van der Waals surface area contributed by atoms with Gasteiger partial charge in [0.05, 0.1) is 6.54 Å². The maximum absolute atomic E-state index is 11.7. The summed E-state index contributed by atoms with van der Waals surface area (Å²) >= 11 is 5.58. The fraction of sp³-hybridized carbons (Fsp3) is 0.588. The summed E-state index contributed by atoms with van der Waals surface area (Å²) in [6.45, 7) is 9.61. The van der Waals surface area contributed by atoms with Crippen LogP contribution in [0.25, 0.3) is 0 Å². The Balaban J connectivity index is 2.70. The number of aryl methyl sites for hydroxylation is 1. The summed E-state index contributed by atoms with van der Waals surface area (Å²) in [4.78, 5) is 13.3. The van der Waals surface area contributed by atoms with Crippen LogP contribution in [0.2, 0.25) is 0 Å². The molecule has 1 aromatic rings. The Kier molecular flexibility index (Phi) is 6.53. The molecule has 0 aromatic heterocycles. The second-order valence-electron chi connectivity index (χ2n) is 6.30. The second-order valence-corrected chi connectivity index (χ2v) is 6.68. The summed E-state index contributed by atoms with van der Waals surface area (Å²) in [6, 6.07) is 6.20. The highest BCUT2D eigenvalue weighted by Gasteiger charge is 2.20. The minimum atomic E-state index is 0.0295. The third kappa shape index (κ3) is 5.24. The first kappa shape index (κ1) is 17.8. The van der Waals surface area contributed by atoms with Crippen LogP contribution >= 0.6 is 11.6 Å². The number of amides is 1. The molecule has 4 heteroatoms. The smallest absolute Gasteiger partial charge is 0.223 e. The number of benzene rings is 1. The van der Waals surface area contributed by atoms with Crippen molar-refractivity contribution in [1.82, 2.24) is 4.90 Å². The molecule has 0 saturated heterocycles. The zero-order valence-corrected chi connectivity index (χ0v) is 14.5. The van der Waals surface area contributed by atoms with Crippen molar-refractivity contribution in [2.45, 2.75) is 39.5 Å². The molecule has 21 heavy (non-hydrogen) atoms. The monoisotopic (exact) mass is 311 g/mol. The summed E-state index contributed by atoms with van der Waals surface area (Å²) in [7, 11) is 1.78. The van der Waals surface area contributed by atoms with Gasteiger partial charge in [-0.1, -0.05) is 39.0 Å². The molecule has 1 amide bonds. The number of ether oxygens (including phenoxy) is 1.